The van der Waals surface area contributed by atoms with Gasteiger partial charge in [-0.1, -0.05) is 62.0 Å². The first-order valence-electron chi connectivity index (χ1n) is 11.1. The van der Waals surface area contributed by atoms with Crippen molar-refractivity contribution in [2.24, 2.45) is 0 Å². The lowest BCUT2D eigenvalue weighted by Crippen LogP contribution is -2.25. The van der Waals surface area contributed by atoms with Crippen LogP contribution in [0.25, 0.3) is 16.8 Å². The molecule has 0 radical (unpaired) electrons. The Bertz CT molecular complexity index is 1070. The molecule has 0 spiro atoms. The summed E-state index contributed by atoms with van der Waals surface area (Å²) in [4.78, 5) is 14.7. The van der Waals surface area contributed by atoms with Gasteiger partial charge in [-0.3, -0.25) is 4.79 Å². The van der Waals surface area contributed by atoms with Crippen molar-refractivity contribution in [3.05, 3.63) is 96.1 Å². The van der Waals surface area contributed by atoms with Crippen molar-refractivity contribution in [1.29, 1.82) is 0 Å². The summed E-state index contributed by atoms with van der Waals surface area (Å²) in [6.45, 7) is 9.57. The van der Waals surface area contributed by atoms with Crippen LogP contribution in [0.3, 0.4) is 0 Å². The van der Waals surface area contributed by atoms with Gasteiger partial charge in [0.05, 0.1) is 0 Å². The number of benzene rings is 3. The zero-order valence-corrected chi connectivity index (χ0v) is 18.4. The maximum Gasteiger partial charge on any atom is 0.251 e. The number of hydrogen-bond acceptors (Lipinski definition) is 2. The van der Waals surface area contributed by atoms with Crippen LogP contribution in [0.2, 0.25) is 0 Å². The van der Waals surface area contributed by atoms with Crippen LogP contribution in [-0.2, 0) is 0 Å². The van der Waals surface area contributed by atoms with Gasteiger partial charge in [0.15, 0.2) is 0 Å². The normalized spacial score (nSPS) is 13.0. The number of amides is 1. The molecule has 1 fully saturated rings. The number of nitrogens with one attached hydrogen (secondary N) is 1. The lowest BCUT2D eigenvalue weighted by molar-refractivity contribution is 0.0951. The Labute approximate surface area is 185 Å². The zero-order valence-electron chi connectivity index (χ0n) is 18.4. The molecule has 0 aromatic heterocycles. The summed E-state index contributed by atoms with van der Waals surface area (Å²) in [5, 5.41) is 3.08. The predicted octanol–water partition coefficient (Wildman–Crippen LogP) is 6.44. The Morgan fingerprint density at radius 1 is 1.00 bits per heavy atom. The third-order valence-electron chi connectivity index (χ3n) is 5.78. The van der Waals surface area contributed by atoms with Crippen LogP contribution in [0.5, 0.6) is 0 Å². The second kappa shape index (κ2) is 9.22. The minimum absolute atomic E-state index is 0.0202. The highest BCUT2D eigenvalue weighted by Crippen LogP contribution is 2.29. The van der Waals surface area contributed by atoms with Crippen LogP contribution in [-0.4, -0.2) is 18.5 Å². The van der Waals surface area contributed by atoms with Crippen molar-refractivity contribution in [2.75, 3.05) is 11.4 Å². The first-order chi connectivity index (χ1) is 15.1. The van der Waals surface area contributed by atoms with Crippen LogP contribution in [0.4, 0.5) is 5.69 Å². The van der Waals surface area contributed by atoms with Gasteiger partial charge in [0.2, 0.25) is 0 Å². The molecule has 3 aromatic carbocycles. The molecule has 1 aliphatic rings. The summed E-state index contributed by atoms with van der Waals surface area (Å²) in [5.74, 6) is 0.0202. The lowest BCUT2D eigenvalue weighted by atomic mass is 9.96. The molecular weight excluding hydrogens is 380 g/mol. The molecule has 1 aliphatic carbocycles. The van der Waals surface area contributed by atoms with Crippen molar-refractivity contribution in [3.8, 4) is 11.1 Å². The number of rotatable bonds is 8. The average Bonchev–Trinajstić information content (AvgIpc) is 3.62. The first kappa shape index (κ1) is 20.9. The molecule has 158 valence electrons. The van der Waals surface area contributed by atoms with E-state index >= 15 is 0 Å². The molecule has 1 N–H and O–H groups in total. The second-order valence-corrected chi connectivity index (χ2v) is 8.29. The standard InChI is InChI=1S/C28H30N2O/c1-4-18-30(26-8-6-5-7-9-26)21(3)22-12-14-23(15-13-22)27-19-24(11-10-20(27)2)28(31)29-25-16-17-25/h5-15,19,25H,3-4,16-18H2,1-2H3,(H,29,31). The fourth-order valence-corrected chi connectivity index (χ4v) is 3.82. The van der Waals surface area contributed by atoms with Crippen molar-refractivity contribution in [2.45, 2.75) is 39.2 Å². The van der Waals surface area contributed by atoms with Crippen molar-refractivity contribution in [3.63, 3.8) is 0 Å². The Hall–Kier alpha value is -3.33. The lowest BCUT2D eigenvalue weighted by Gasteiger charge is -2.27. The van der Waals surface area contributed by atoms with Gasteiger partial charge >= 0.3 is 0 Å². The van der Waals surface area contributed by atoms with Gasteiger partial charge in [-0.05, 0) is 72.7 Å². The maximum absolute atomic E-state index is 12.5. The molecule has 3 aromatic rings. The van der Waals surface area contributed by atoms with Crippen molar-refractivity contribution in [1.82, 2.24) is 5.32 Å². The molecule has 1 saturated carbocycles. The topological polar surface area (TPSA) is 32.3 Å². The molecule has 0 heterocycles. The Morgan fingerprint density at radius 2 is 1.68 bits per heavy atom. The van der Waals surface area contributed by atoms with E-state index in [1.165, 1.54) is 0 Å². The van der Waals surface area contributed by atoms with Crippen LogP contribution in [0, 0.1) is 6.92 Å². The molecule has 1 amide bonds. The first-order valence-corrected chi connectivity index (χ1v) is 11.1. The van der Waals surface area contributed by atoms with E-state index in [1.54, 1.807) is 0 Å². The van der Waals surface area contributed by atoms with E-state index in [4.69, 9.17) is 0 Å². The molecule has 3 nitrogen and oxygen atoms in total. The van der Waals surface area contributed by atoms with Crippen LogP contribution in [0.15, 0.2) is 79.4 Å². The van der Waals surface area contributed by atoms with E-state index in [1.807, 2.05) is 24.3 Å². The van der Waals surface area contributed by atoms with Gasteiger partial charge in [0, 0.05) is 29.5 Å². The smallest absolute Gasteiger partial charge is 0.251 e. The van der Waals surface area contributed by atoms with Gasteiger partial charge < -0.3 is 10.2 Å². The summed E-state index contributed by atoms with van der Waals surface area (Å²) in [7, 11) is 0. The quantitative estimate of drug-likeness (QED) is 0.463. The molecular formula is C28H30N2O. The zero-order chi connectivity index (χ0) is 21.8. The van der Waals surface area contributed by atoms with Gasteiger partial charge in [0.25, 0.3) is 5.91 Å². The monoisotopic (exact) mass is 410 g/mol. The SMILES string of the molecule is C=C(c1ccc(-c2cc(C(=O)NC3CC3)ccc2C)cc1)N(CCC)c1ccccc1. The van der Waals surface area contributed by atoms with Crippen LogP contribution >= 0.6 is 0 Å². The van der Waals surface area contributed by atoms with E-state index < -0.39 is 0 Å². The molecule has 0 bridgehead atoms. The van der Waals surface area contributed by atoms with Gasteiger partial charge in [-0.2, -0.15) is 0 Å². The number of hydrogen-bond donors (Lipinski definition) is 1. The summed E-state index contributed by atoms with van der Waals surface area (Å²) in [6, 6.07) is 25.2. The van der Waals surface area contributed by atoms with E-state index in [0.29, 0.717) is 6.04 Å². The molecule has 4 rings (SSSR count). The fraction of sp³-hybridized carbons (Fsp3) is 0.250. The fourth-order valence-electron chi connectivity index (χ4n) is 3.82. The van der Waals surface area contributed by atoms with Crippen LogP contribution < -0.4 is 10.2 Å². The summed E-state index contributed by atoms with van der Waals surface area (Å²) in [6.07, 6.45) is 3.22. The summed E-state index contributed by atoms with van der Waals surface area (Å²) in [5.41, 5.74) is 7.33. The average molecular weight is 411 g/mol. The largest absolute Gasteiger partial charge is 0.349 e. The molecule has 3 heteroatoms. The van der Waals surface area contributed by atoms with E-state index in [0.717, 1.165) is 65.0 Å². The van der Waals surface area contributed by atoms with Gasteiger partial charge in [-0.15, -0.1) is 0 Å². The van der Waals surface area contributed by atoms with Crippen molar-refractivity contribution >= 4 is 17.3 Å². The molecule has 31 heavy (non-hydrogen) atoms. The third kappa shape index (κ3) is 4.88. The van der Waals surface area contributed by atoms with Crippen LogP contribution in [0.1, 0.15) is 47.7 Å². The molecule has 0 aliphatic heterocycles. The number of carbonyl (C=O) groups excluding carboxylic acids is 1. The van der Waals surface area contributed by atoms with Crippen molar-refractivity contribution < 1.29 is 4.79 Å². The maximum atomic E-state index is 12.5. The number of nitrogens with zero attached hydrogens (tertiary/aromatic N) is 1. The molecule has 0 atom stereocenters. The minimum atomic E-state index is 0.0202. The van der Waals surface area contributed by atoms with E-state index in [-0.39, 0.29) is 5.91 Å². The summed E-state index contributed by atoms with van der Waals surface area (Å²) < 4.78 is 0. The highest BCUT2D eigenvalue weighted by atomic mass is 16.1. The van der Waals surface area contributed by atoms with E-state index in [9.17, 15) is 4.79 Å². The second-order valence-electron chi connectivity index (χ2n) is 8.29. The number of carbonyl (C=O) groups is 1. The molecule has 0 saturated heterocycles. The number of para-hydroxylation sites is 1. The predicted molar refractivity (Wildman–Crippen MR) is 130 cm³/mol. The Kier molecular flexibility index (Phi) is 6.22. The molecule has 0 unspecified atom stereocenters. The van der Waals surface area contributed by atoms with Gasteiger partial charge in [-0.25, -0.2) is 0 Å². The Balaban J connectivity index is 1.57. The number of aryl methyl sites for hydroxylation is 1. The highest BCUT2D eigenvalue weighted by Gasteiger charge is 2.24. The number of anilines is 1. The van der Waals surface area contributed by atoms with E-state index in [2.05, 4.69) is 79.2 Å². The summed E-state index contributed by atoms with van der Waals surface area (Å²) >= 11 is 0. The third-order valence-corrected chi connectivity index (χ3v) is 5.78. The highest BCUT2D eigenvalue weighted by molar-refractivity contribution is 5.96. The Morgan fingerprint density at radius 3 is 2.32 bits per heavy atom. The minimum Gasteiger partial charge on any atom is -0.349 e. The van der Waals surface area contributed by atoms with Gasteiger partial charge in [0.1, 0.15) is 0 Å².